The summed E-state index contributed by atoms with van der Waals surface area (Å²) in [7, 11) is 0. The van der Waals surface area contributed by atoms with Crippen LogP contribution in [0.4, 0.5) is 0 Å². The third-order valence-electron chi connectivity index (χ3n) is 2.28. The smallest absolute Gasteiger partial charge is 0.347 e. The Morgan fingerprint density at radius 2 is 2.15 bits per heavy atom. The minimum Gasteiger partial charge on any atom is -0.463 e. The van der Waals surface area contributed by atoms with Gasteiger partial charge in [0.1, 0.15) is 0 Å². The van der Waals surface area contributed by atoms with E-state index in [0.717, 1.165) is 0 Å². The zero-order chi connectivity index (χ0) is 15.0. The number of ether oxygens (including phenoxy) is 4. The van der Waals surface area contributed by atoms with Crippen LogP contribution in [0.3, 0.4) is 0 Å². The maximum absolute atomic E-state index is 11.4. The van der Waals surface area contributed by atoms with Gasteiger partial charge in [-0.05, 0) is 0 Å². The van der Waals surface area contributed by atoms with E-state index >= 15 is 0 Å². The Morgan fingerprint density at radius 3 is 2.75 bits per heavy atom. The Kier molecular flexibility index (Phi) is 6.45. The van der Waals surface area contributed by atoms with Crippen LogP contribution in [0.1, 0.15) is 6.42 Å². The molecule has 0 spiro atoms. The van der Waals surface area contributed by atoms with Crippen LogP contribution in [0.15, 0.2) is 24.8 Å². The van der Waals surface area contributed by atoms with Crippen LogP contribution in [0, 0.1) is 0 Å². The molecule has 1 aliphatic heterocycles. The van der Waals surface area contributed by atoms with Gasteiger partial charge in [-0.3, -0.25) is 0 Å². The van der Waals surface area contributed by atoms with E-state index in [1.807, 2.05) is 0 Å². The van der Waals surface area contributed by atoms with Gasteiger partial charge in [-0.1, -0.05) is 12.7 Å². The molecule has 1 saturated heterocycles. The fraction of sp³-hybridized carbons (Fsp3) is 0.462. The molecule has 0 N–H and O–H groups in total. The number of carbonyl (C=O) groups excluding carboxylic acids is 3. The first-order chi connectivity index (χ1) is 9.54. The molecule has 0 bridgehead atoms. The Labute approximate surface area is 116 Å². The molecule has 7 nitrogen and oxygen atoms in total. The van der Waals surface area contributed by atoms with Crippen molar-refractivity contribution in [2.24, 2.45) is 0 Å². The zero-order valence-electron chi connectivity index (χ0n) is 11.0. The predicted octanol–water partition coefficient (Wildman–Crippen LogP) is 0.147. The zero-order valence-corrected chi connectivity index (χ0v) is 11.0. The molecule has 110 valence electrons. The van der Waals surface area contributed by atoms with Gasteiger partial charge in [0, 0.05) is 6.42 Å². The highest BCUT2D eigenvalue weighted by molar-refractivity contribution is 5.89. The normalized spacial score (nSPS) is 17.2. The minimum atomic E-state index is -0.916. The second-order valence-electron chi connectivity index (χ2n) is 3.92. The molecule has 1 unspecified atom stereocenters. The highest BCUT2D eigenvalue weighted by Gasteiger charge is 2.30. The van der Waals surface area contributed by atoms with Crippen molar-refractivity contribution < 1.29 is 33.3 Å². The fourth-order valence-electron chi connectivity index (χ4n) is 1.33. The quantitative estimate of drug-likeness (QED) is 0.206. The number of cyclic esters (lactones) is 1. The monoisotopic (exact) mass is 284 g/mol. The third kappa shape index (κ3) is 5.23. The van der Waals surface area contributed by atoms with Crippen molar-refractivity contribution in [1.29, 1.82) is 0 Å². The highest BCUT2D eigenvalue weighted by atomic mass is 16.6. The molecule has 0 amide bonds. The van der Waals surface area contributed by atoms with Crippen molar-refractivity contribution in [3.63, 3.8) is 0 Å². The summed E-state index contributed by atoms with van der Waals surface area (Å²) >= 11 is 0. The predicted molar refractivity (Wildman–Crippen MR) is 66.6 cm³/mol. The molecule has 1 aliphatic rings. The Morgan fingerprint density at radius 1 is 1.40 bits per heavy atom. The van der Waals surface area contributed by atoms with Crippen molar-refractivity contribution in [2.75, 3.05) is 26.4 Å². The molecule has 0 aromatic heterocycles. The fourth-order valence-corrected chi connectivity index (χ4v) is 1.33. The molecule has 1 atom stereocenters. The van der Waals surface area contributed by atoms with Crippen molar-refractivity contribution in [3.8, 4) is 0 Å². The summed E-state index contributed by atoms with van der Waals surface area (Å²) in [5.41, 5.74) is 0.0694. The molecule has 0 radical (unpaired) electrons. The molecule has 0 aromatic carbocycles. The van der Waals surface area contributed by atoms with Crippen LogP contribution in [0.2, 0.25) is 0 Å². The van der Waals surface area contributed by atoms with Crippen LogP contribution in [0.5, 0.6) is 0 Å². The summed E-state index contributed by atoms with van der Waals surface area (Å²) in [5, 5.41) is 0. The van der Waals surface area contributed by atoms with E-state index in [1.165, 1.54) is 6.08 Å². The van der Waals surface area contributed by atoms with Gasteiger partial charge < -0.3 is 18.9 Å². The first-order valence-electron chi connectivity index (χ1n) is 5.94. The molecular weight excluding hydrogens is 268 g/mol. The summed E-state index contributed by atoms with van der Waals surface area (Å²) in [6.45, 7) is 6.79. The lowest BCUT2D eigenvalue weighted by Gasteiger charge is -2.09. The molecule has 1 heterocycles. The summed E-state index contributed by atoms with van der Waals surface area (Å²) < 4.78 is 19.1. The molecule has 1 rings (SSSR count). The van der Waals surface area contributed by atoms with E-state index in [1.54, 1.807) is 0 Å². The van der Waals surface area contributed by atoms with E-state index < -0.39 is 30.6 Å². The first-order valence-corrected chi connectivity index (χ1v) is 5.94. The SMILES string of the molecule is C=CCOCC(=C)C(=O)OCC(=O)OC1CCOC1=O. The van der Waals surface area contributed by atoms with Gasteiger partial charge in [0.05, 0.1) is 25.4 Å². The van der Waals surface area contributed by atoms with E-state index in [-0.39, 0.29) is 25.4 Å². The number of hydrogen-bond donors (Lipinski definition) is 0. The molecule has 1 fully saturated rings. The molecule has 0 saturated carbocycles. The molecule has 20 heavy (non-hydrogen) atoms. The van der Waals surface area contributed by atoms with Crippen molar-refractivity contribution in [3.05, 3.63) is 24.8 Å². The summed E-state index contributed by atoms with van der Waals surface area (Å²) in [6, 6.07) is 0. The minimum absolute atomic E-state index is 0.0190. The summed E-state index contributed by atoms with van der Waals surface area (Å²) in [5.74, 6) is -2.17. The summed E-state index contributed by atoms with van der Waals surface area (Å²) in [4.78, 5) is 33.8. The molecule has 7 heteroatoms. The maximum atomic E-state index is 11.4. The largest absolute Gasteiger partial charge is 0.463 e. The standard InChI is InChI=1S/C13H16O7/c1-3-5-17-7-9(2)12(15)19-8-11(14)20-10-4-6-18-13(10)16/h3,10H,1-2,4-8H2. The van der Waals surface area contributed by atoms with Crippen LogP contribution in [-0.4, -0.2) is 50.4 Å². The van der Waals surface area contributed by atoms with Gasteiger partial charge >= 0.3 is 17.9 Å². The lowest BCUT2D eigenvalue weighted by Crippen LogP contribution is -2.26. The Balaban J connectivity index is 2.22. The van der Waals surface area contributed by atoms with Crippen LogP contribution >= 0.6 is 0 Å². The second kappa shape index (κ2) is 8.11. The van der Waals surface area contributed by atoms with Crippen molar-refractivity contribution in [2.45, 2.75) is 12.5 Å². The number of carbonyl (C=O) groups is 3. The highest BCUT2D eigenvalue weighted by Crippen LogP contribution is 2.10. The maximum Gasteiger partial charge on any atom is 0.347 e. The van der Waals surface area contributed by atoms with Gasteiger partial charge in [0.25, 0.3) is 0 Å². The van der Waals surface area contributed by atoms with Crippen LogP contribution in [-0.2, 0) is 33.3 Å². The lowest BCUT2D eigenvalue weighted by molar-refractivity contribution is -0.166. The second-order valence-corrected chi connectivity index (χ2v) is 3.92. The number of esters is 3. The van der Waals surface area contributed by atoms with Gasteiger partial charge in [0.15, 0.2) is 6.61 Å². The Hall–Kier alpha value is -2.15. The van der Waals surface area contributed by atoms with Gasteiger partial charge in [-0.2, -0.15) is 0 Å². The first kappa shape index (κ1) is 15.9. The summed E-state index contributed by atoms with van der Waals surface area (Å²) in [6.07, 6.45) is 0.914. The Bertz CT molecular complexity index is 413. The average molecular weight is 284 g/mol. The van der Waals surface area contributed by atoms with Crippen molar-refractivity contribution in [1.82, 2.24) is 0 Å². The van der Waals surface area contributed by atoms with Gasteiger partial charge in [-0.15, -0.1) is 6.58 Å². The van der Waals surface area contributed by atoms with E-state index in [9.17, 15) is 14.4 Å². The van der Waals surface area contributed by atoms with Gasteiger partial charge in [-0.25, -0.2) is 14.4 Å². The average Bonchev–Trinajstić information content (AvgIpc) is 2.81. The lowest BCUT2D eigenvalue weighted by atomic mass is 10.3. The van der Waals surface area contributed by atoms with Crippen LogP contribution < -0.4 is 0 Å². The van der Waals surface area contributed by atoms with E-state index in [4.69, 9.17) is 9.47 Å². The topological polar surface area (TPSA) is 88.1 Å². The number of rotatable bonds is 8. The third-order valence-corrected chi connectivity index (χ3v) is 2.28. The van der Waals surface area contributed by atoms with E-state index in [2.05, 4.69) is 22.6 Å². The molecule has 0 aliphatic carbocycles. The van der Waals surface area contributed by atoms with Crippen LogP contribution in [0.25, 0.3) is 0 Å². The van der Waals surface area contributed by atoms with Crippen molar-refractivity contribution >= 4 is 17.9 Å². The van der Waals surface area contributed by atoms with Gasteiger partial charge in [0.2, 0.25) is 6.10 Å². The molecular formula is C13H16O7. The number of hydrogen-bond acceptors (Lipinski definition) is 7. The van der Waals surface area contributed by atoms with E-state index in [0.29, 0.717) is 6.42 Å². The molecule has 0 aromatic rings.